The Morgan fingerprint density at radius 1 is 1.19 bits per heavy atom. The van der Waals surface area contributed by atoms with Gasteiger partial charge in [0.1, 0.15) is 18.7 Å². The number of carbonyl (C=O) groups excluding carboxylic acids is 2. The fourth-order valence-electron chi connectivity index (χ4n) is 3.85. The quantitative estimate of drug-likeness (QED) is 0.682. The first-order valence-electron chi connectivity index (χ1n) is 9.81. The zero-order chi connectivity index (χ0) is 22.9. The molecule has 2 aromatic carbocycles. The number of halogens is 3. The Hall–Kier alpha value is -3.62. The number of aldehydes is 1. The molecule has 2 aromatic rings. The molecule has 2 heterocycles. The Labute approximate surface area is 181 Å². The Morgan fingerprint density at radius 2 is 2.00 bits per heavy atom. The van der Waals surface area contributed by atoms with Crippen LogP contribution in [0.5, 0.6) is 11.5 Å². The second-order valence-electron chi connectivity index (χ2n) is 7.38. The summed E-state index contributed by atoms with van der Waals surface area (Å²) in [6, 6.07) is 8.42. The van der Waals surface area contributed by atoms with Crippen LogP contribution in [0.4, 0.5) is 13.2 Å². The van der Waals surface area contributed by atoms with E-state index in [1.54, 1.807) is 18.2 Å². The molecular weight excluding hydrogens is 425 g/mol. The molecule has 0 aromatic heterocycles. The predicted octanol–water partition coefficient (Wildman–Crippen LogP) is 4.05. The number of piperidine rings is 1. The van der Waals surface area contributed by atoms with Crippen molar-refractivity contribution in [3.05, 3.63) is 70.3 Å². The summed E-state index contributed by atoms with van der Waals surface area (Å²) in [5.41, 5.74) is 0.659. The molecule has 6 nitrogen and oxygen atoms in total. The summed E-state index contributed by atoms with van der Waals surface area (Å²) in [7, 11) is 1.43. The number of nitrogens with one attached hydrogen (secondary N) is 1. The van der Waals surface area contributed by atoms with E-state index in [2.05, 4.69) is 10.3 Å². The number of ether oxygens (including phenoxy) is 2. The van der Waals surface area contributed by atoms with Crippen molar-refractivity contribution in [3.63, 3.8) is 0 Å². The molecular formula is C23H19F3N2O4. The minimum atomic E-state index is -4.62. The lowest BCUT2D eigenvalue weighted by Crippen LogP contribution is -2.38. The third kappa shape index (κ3) is 4.23. The third-order valence-electron chi connectivity index (χ3n) is 5.41. The number of aliphatic imine (C=N–C) groups is 1. The second kappa shape index (κ2) is 8.49. The molecule has 32 heavy (non-hydrogen) atoms. The summed E-state index contributed by atoms with van der Waals surface area (Å²) < 4.78 is 51.2. The van der Waals surface area contributed by atoms with E-state index in [4.69, 9.17) is 9.47 Å². The van der Waals surface area contributed by atoms with Gasteiger partial charge >= 0.3 is 6.18 Å². The van der Waals surface area contributed by atoms with Crippen LogP contribution in [-0.2, 0) is 17.6 Å². The average Bonchev–Trinajstić information content (AvgIpc) is 3.24. The second-order valence-corrected chi connectivity index (χ2v) is 7.38. The van der Waals surface area contributed by atoms with Gasteiger partial charge in [-0.3, -0.25) is 14.6 Å². The summed E-state index contributed by atoms with van der Waals surface area (Å²) in [6.45, 7) is 0.141. The molecule has 1 saturated heterocycles. The predicted molar refractivity (Wildman–Crippen MR) is 110 cm³/mol. The van der Waals surface area contributed by atoms with E-state index >= 15 is 0 Å². The van der Waals surface area contributed by atoms with Gasteiger partial charge in [0.2, 0.25) is 5.91 Å². The number of hydrogen-bond donors (Lipinski definition) is 1. The van der Waals surface area contributed by atoms with Crippen molar-refractivity contribution in [1.82, 2.24) is 5.32 Å². The number of hydrogen-bond acceptors (Lipinski definition) is 5. The average molecular weight is 444 g/mol. The third-order valence-corrected chi connectivity index (χ3v) is 5.41. The van der Waals surface area contributed by atoms with Crippen LogP contribution in [0.15, 0.2) is 53.0 Å². The fourth-order valence-corrected chi connectivity index (χ4v) is 3.85. The van der Waals surface area contributed by atoms with Crippen LogP contribution in [0.3, 0.4) is 0 Å². The molecule has 1 fully saturated rings. The van der Waals surface area contributed by atoms with Gasteiger partial charge < -0.3 is 14.8 Å². The van der Waals surface area contributed by atoms with Gasteiger partial charge in [-0.15, -0.1) is 0 Å². The van der Waals surface area contributed by atoms with Crippen molar-refractivity contribution < 1.29 is 32.2 Å². The Morgan fingerprint density at radius 3 is 2.72 bits per heavy atom. The minimum Gasteiger partial charge on any atom is -0.493 e. The van der Waals surface area contributed by atoms with Crippen LogP contribution in [0.1, 0.15) is 39.4 Å². The molecule has 9 heteroatoms. The summed E-state index contributed by atoms with van der Waals surface area (Å²) in [6.07, 6.45) is -2.05. The number of methoxy groups -OCH3 is 1. The molecule has 2 aliphatic heterocycles. The topological polar surface area (TPSA) is 77.0 Å². The molecule has 0 radical (unpaired) electrons. The van der Waals surface area contributed by atoms with E-state index in [9.17, 15) is 22.8 Å². The summed E-state index contributed by atoms with van der Waals surface area (Å²) in [4.78, 5) is 27.2. The number of nitrogens with zero attached hydrogens (tertiary/aromatic N) is 1. The number of rotatable bonds is 6. The van der Waals surface area contributed by atoms with Gasteiger partial charge in [-0.1, -0.05) is 24.3 Å². The summed E-state index contributed by atoms with van der Waals surface area (Å²) >= 11 is 0. The zero-order valence-corrected chi connectivity index (χ0v) is 17.0. The van der Waals surface area contributed by atoms with E-state index < -0.39 is 11.7 Å². The Balaban J connectivity index is 1.58. The molecule has 1 amide bonds. The van der Waals surface area contributed by atoms with Crippen molar-refractivity contribution in [1.29, 1.82) is 0 Å². The normalized spacial score (nSPS) is 17.8. The van der Waals surface area contributed by atoms with Gasteiger partial charge in [-0.2, -0.15) is 13.2 Å². The van der Waals surface area contributed by atoms with E-state index in [0.717, 1.165) is 17.2 Å². The molecule has 0 saturated carbocycles. The number of carbonyl (C=O) groups is 2. The smallest absolute Gasteiger partial charge is 0.416 e. The SMILES string of the molecule is COc1cc(C2CC(=O)NC3=NCC=C32)ccc1OCc1ccc(C=O)cc1C(F)(F)F. The molecule has 0 spiro atoms. The minimum absolute atomic E-state index is 0.0661. The highest BCUT2D eigenvalue weighted by Gasteiger charge is 2.34. The molecule has 1 atom stereocenters. The van der Waals surface area contributed by atoms with Crippen molar-refractivity contribution in [2.24, 2.45) is 4.99 Å². The van der Waals surface area contributed by atoms with Crippen molar-refractivity contribution in [3.8, 4) is 11.5 Å². The lowest BCUT2D eigenvalue weighted by Gasteiger charge is -2.26. The van der Waals surface area contributed by atoms with E-state index in [0.29, 0.717) is 24.4 Å². The summed E-state index contributed by atoms with van der Waals surface area (Å²) in [5.74, 6) is 0.845. The maximum absolute atomic E-state index is 13.4. The summed E-state index contributed by atoms with van der Waals surface area (Å²) in [5, 5.41) is 2.76. The van der Waals surface area contributed by atoms with Crippen LogP contribution in [0, 0.1) is 0 Å². The van der Waals surface area contributed by atoms with Crippen LogP contribution in [0.25, 0.3) is 0 Å². The van der Waals surface area contributed by atoms with Gasteiger partial charge in [0.05, 0.1) is 19.2 Å². The van der Waals surface area contributed by atoms with Crippen molar-refractivity contribution in [2.45, 2.75) is 25.1 Å². The Kier molecular flexibility index (Phi) is 5.73. The molecule has 0 bridgehead atoms. The van der Waals surface area contributed by atoms with Crippen LogP contribution >= 0.6 is 0 Å². The molecule has 4 rings (SSSR count). The van der Waals surface area contributed by atoms with Crippen LogP contribution in [-0.4, -0.2) is 31.7 Å². The van der Waals surface area contributed by atoms with Gasteiger partial charge in [-0.05, 0) is 23.8 Å². The highest BCUT2D eigenvalue weighted by molar-refractivity contribution is 6.12. The molecule has 2 aliphatic rings. The van der Waals surface area contributed by atoms with Gasteiger partial charge in [-0.25, -0.2) is 0 Å². The van der Waals surface area contributed by atoms with Crippen molar-refractivity contribution in [2.75, 3.05) is 13.7 Å². The highest BCUT2D eigenvalue weighted by atomic mass is 19.4. The zero-order valence-electron chi connectivity index (χ0n) is 17.0. The van der Waals surface area contributed by atoms with Crippen LogP contribution < -0.4 is 14.8 Å². The molecule has 166 valence electrons. The first kappa shape index (κ1) is 21.6. The van der Waals surface area contributed by atoms with E-state index in [-0.39, 0.29) is 41.7 Å². The van der Waals surface area contributed by atoms with Gasteiger partial charge in [0.15, 0.2) is 11.5 Å². The number of amidine groups is 1. The standard InChI is InChI=1S/C23H19F3N2O4/c1-31-20-9-14(17-10-21(30)28-22-16(17)6-7-27-22)4-5-19(20)32-12-15-3-2-13(11-29)8-18(15)23(24,25)26/h2-6,8-9,11,17H,7,10,12H2,1H3,(H,27,28,30). The number of amides is 1. The van der Waals surface area contributed by atoms with Crippen molar-refractivity contribution >= 4 is 18.0 Å². The molecule has 1 N–H and O–H groups in total. The lowest BCUT2D eigenvalue weighted by atomic mass is 9.85. The van der Waals surface area contributed by atoms with Gasteiger partial charge in [0, 0.05) is 29.0 Å². The highest BCUT2D eigenvalue weighted by Crippen LogP contribution is 2.39. The largest absolute Gasteiger partial charge is 0.493 e. The number of fused-ring (bicyclic) bond motifs is 1. The number of benzene rings is 2. The number of alkyl halides is 3. The maximum atomic E-state index is 13.4. The van der Waals surface area contributed by atoms with Gasteiger partial charge in [0.25, 0.3) is 0 Å². The maximum Gasteiger partial charge on any atom is 0.416 e. The molecule has 1 unspecified atom stereocenters. The lowest BCUT2D eigenvalue weighted by molar-refractivity contribution is -0.138. The first-order valence-corrected chi connectivity index (χ1v) is 9.81. The monoisotopic (exact) mass is 444 g/mol. The van der Waals surface area contributed by atoms with E-state index in [1.807, 2.05) is 6.08 Å². The first-order chi connectivity index (χ1) is 15.3. The van der Waals surface area contributed by atoms with E-state index in [1.165, 1.54) is 19.2 Å². The molecule has 0 aliphatic carbocycles. The Bertz CT molecular complexity index is 1140. The fraction of sp³-hybridized carbons (Fsp3) is 0.261. The van der Waals surface area contributed by atoms with Crippen LogP contribution in [0.2, 0.25) is 0 Å².